The first kappa shape index (κ1) is 41.5. The maximum Gasteiger partial charge on any atom is 0.340 e. The number of alkyl halides is 1. The summed E-state index contributed by atoms with van der Waals surface area (Å²) in [6.07, 6.45) is 9.73. The van der Waals surface area contributed by atoms with Crippen molar-refractivity contribution in [2.75, 3.05) is 62.7 Å². The Bertz CT molecular complexity index is 2130. The van der Waals surface area contributed by atoms with Crippen LogP contribution in [-0.4, -0.2) is 64.8 Å². The fourth-order valence-electron chi connectivity index (χ4n) is 7.92. The van der Waals surface area contributed by atoms with Gasteiger partial charge in [0.05, 0.1) is 25.4 Å². The Labute approximate surface area is 342 Å². The van der Waals surface area contributed by atoms with Gasteiger partial charge in [0.1, 0.15) is 0 Å². The number of para-hydroxylation sites is 1. The number of hydrogen-bond acceptors (Lipinski definition) is 7. The first-order valence-electron chi connectivity index (χ1n) is 19.7. The largest absolute Gasteiger partial charge is 0.441 e. The summed E-state index contributed by atoms with van der Waals surface area (Å²) in [6.45, 7) is 14.7. The number of carbonyl (C=O) groups is 2. The van der Waals surface area contributed by atoms with E-state index in [1.807, 2.05) is 50.5 Å². The van der Waals surface area contributed by atoms with Crippen molar-refractivity contribution in [3.8, 4) is 0 Å². The quantitative estimate of drug-likeness (QED) is 0.0439. The van der Waals surface area contributed by atoms with E-state index in [4.69, 9.17) is 25.8 Å². The van der Waals surface area contributed by atoms with Gasteiger partial charge in [0.25, 0.3) is 5.91 Å². The molecule has 1 heterocycles. The van der Waals surface area contributed by atoms with Crippen molar-refractivity contribution in [3.63, 3.8) is 0 Å². The molecule has 2 aliphatic rings. The van der Waals surface area contributed by atoms with Gasteiger partial charge in [0.2, 0.25) is 0 Å². The van der Waals surface area contributed by atoms with E-state index in [1.54, 1.807) is 24.3 Å². The van der Waals surface area contributed by atoms with Crippen molar-refractivity contribution in [3.05, 3.63) is 161 Å². The smallest absolute Gasteiger partial charge is 0.340 e. The number of allylic oxidation sites excluding steroid dienone is 3. The lowest BCUT2D eigenvalue weighted by Gasteiger charge is -2.45. The number of halogens is 1. The van der Waals surface area contributed by atoms with E-state index in [1.165, 1.54) is 0 Å². The Morgan fingerprint density at radius 3 is 2.12 bits per heavy atom. The molecule has 57 heavy (non-hydrogen) atoms. The van der Waals surface area contributed by atoms with Crippen molar-refractivity contribution < 1.29 is 23.8 Å². The van der Waals surface area contributed by atoms with E-state index >= 15 is 0 Å². The van der Waals surface area contributed by atoms with Gasteiger partial charge in [-0.15, -0.1) is 11.6 Å². The van der Waals surface area contributed by atoms with Gasteiger partial charge in [-0.2, -0.15) is 0 Å². The molecule has 4 aromatic carbocycles. The molecule has 1 unspecified atom stereocenters. The number of likely N-dealkylation sites (N-methyl/N-ethyl adjacent to an activating group) is 1. The van der Waals surface area contributed by atoms with Gasteiger partial charge in [0, 0.05) is 83.6 Å². The molecular weight excluding hydrogens is 734 g/mol. The summed E-state index contributed by atoms with van der Waals surface area (Å²) >= 11 is 5.74. The molecule has 0 bridgehead atoms. The summed E-state index contributed by atoms with van der Waals surface area (Å²) in [5.74, 6) is 0.00635. The standard InChI is InChI=1S/C48H54ClN3O5/c1-7-16-35(8-2)51(5)37-20-23-40-43(32-37)47(3,4)44-33-38(52(6)36-17-12-11-13-18-36)21-24-41(44)48(40)42-31-34(19-22-39(42)46(54)57-48)45(53)50-26-28-56-30-29-55-27-15-10-9-14-25-49/h7-8,11-13,16-24,31-33H,1-2,9-10,14-15,25-30H2,3-6H3,(H,50,53)/b35-16+. The highest BCUT2D eigenvalue weighted by Crippen LogP contribution is 2.57. The van der Waals surface area contributed by atoms with Crippen molar-refractivity contribution >= 4 is 40.5 Å². The zero-order valence-corrected chi connectivity index (χ0v) is 34.4. The zero-order chi connectivity index (χ0) is 40.6. The molecule has 9 heteroatoms. The van der Waals surface area contributed by atoms with Crippen LogP contribution in [0.3, 0.4) is 0 Å². The summed E-state index contributed by atoms with van der Waals surface area (Å²) in [6, 6.07) is 28.0. The molecule has 1 amide bonds. The first-order valence-corrected chi connectivity index (χ1v) is 20.3. The second-order valence-electron chi connectivity index (χ2n) is 15.0. The van der Waals surface area contributed by atoms with Crippen molar-refractivity contribution in [1.82, 2.24) is 5.32 Å². The number of amides is 1. The summed E-state index contributed by atoms with van der Waals surface area (Å²) < 4.78 is 18.0. The maximum atomic E-state index is 13.9. The van der Waals surface area contributed by atoms with Crippen LogP contribution < -0.4 is 15.1 Å². The molecule has 1 atom stereocenters. The number of rotatable bonds is 19. The highest BCUT2D eigenvalue weighted by atomic mass is 35.5. The van der Waals surface area contributed by atoms with Gasteiger partial charge in [-0.3, -0.25) is 4.79 Å². The van der Waals surface area contributed by atoms with Crippen molar-refractivity contribution in [2.24, 2.45) is 0 Å². The van der Waals surface area contributed by atoms with Crippen LogP contribution in [0.2, 0.25) is 0 Å². The molecule has 0 fully saturated rings. The number of esters is 1. The number of nitrogens with one attached hydrogen (secondary N) is 1. The third-order valence-electron chi connectivity index (χ3n) is 11.1. The number of nitrogens with zero attached hydrogens (tertiary/aromatic N) is 2. The van der Waals surface area contributed by atoms with Crippen LogP contribution in [0.4, 0.5) is 17.1 Å². The second-order valence-corrected chi connectivity index (χ2v) is 15.4. The minimum atomic E-state index is -1.30. The summed E-state index contributed by atoms with van der Waals surface area (Å²) in [5, 5.41) is 2.98. The molecule has 1 spiro atoms. The Kier molecular flexibility index (Phi) is 13.4. The lowest BCUT2D eigenvalue weighted by atomic mass is 9.61. The normalized spacial score (nSPS) is 16.3. The van der Waals surface area contributed by atoms with Crippen molar-refractivity contribution in [1.29, 1.82) is 0 Å². The SMILES string of the molecule is C=C/C=C(\C=C)N(C)c1ccc2c(c1)C(C)(C)c1cc(N(C)c3ccccc3)ccc1C21OC(=O)c2ccc(C(=O)NCCOCCOCCCCCCCl)cc21. The molecule has 0 saturated heterocycles. The van der Waals surface area contributed by atoms with Crippen LogP contribution in [0.15, 0.2) is 122 Å². The third kappa shape index (κ3) is 8.45. The van der Waals surface area contributed by atoms with Crippen LogP contribution in [0.1, 0.15) is 88.1 Å². The third-order valence-corrected chi connectivity index (χ3v) is 11.4. The van der Waals surface area contributed by atoms with E-state index < -0.39 is 17.0 Å². The van der Waals surface area contributed by atoms with E-state index in [2.05, 4.69) is 84.6 Å². The van der Waals surface area contributed by atoms with Crippen LogP contribution in [-0.2, 0) is 25.2 Å². The lowest BCUT2D eigenvalue weighted by Crippen LogP contribution is -2.41. The van der Waals surface area contributed by atoms with E-state index in [0.29, 0.717) is 55.5 Å². The van der Waals surface area contributed by atoms with Gasteiger partial charge in [0.15, 0.2) is 5.60 Å². The van der Waals surface area contributed by atoms with Crippen LogP contribution in [0, 0.1) is 0 Å². The average Bonchev–Trinajstić information content (AvgIpc) is 3.53. The van der Waals surface area contributed by atoms with E-state index in [0.717, 1.165) is 70.7 Å². The molecule has 8 nitrogen and oxygen atoms in total. The maximum absolute atomic E-state index is 13.9. The Balaban J connectivity index is 1.33. The van der Waals surface area contributed by atoms with Gasteiger partial charge in [-0.25, -0.2) is 4.79 Å². The first-order chi connectivity index (χ1) is 27.6. The molecule has 4 aromatic rings. The fourth-order valence-corrected chi connectivity index (χ4v) is 8.11. The average molecular weight is 788 g/mol. The zero-order valence-electron chi connectivity index (χ0n) is 33.6. The predicted octanol–water partition coefficient (Wildman–Crippen LogP) is 9.81. The lowest BCUT2D eigenvalue weighted by molar-refractivity contribution is 0.0231. The number of anilines is 3. The Morgan fingerprint density at radius 2 is 1.44 bits per heavy atom. The Morgan fingerprint density at radius 1 is 0.772 bits per heavy atom. The van der Waals surface area contributed by atoms with Crippen LogP contribution >= 0.6 is 11.6 Å². The minimum absolute atomic E-state index is 0.261. The van der Waals surface area contributed by atoms with Crippen molar-refractivity contribution in [2.45, 2.75) is 50.5 Å². The number of unbranched alkanes of at least 4 members (excludes halogenated alkanes) is 3. The van der Waals surface area contributed by atoms with Crippen LogP contribution in [0.5, 0.6) is 0 Å². The Hall–Kier alpha value is -5.15. The molecule has 1 aliphatic carbocycles. The number of hydrogen-bond donors (Lipinski definition) is 1. The number of ether oxygens (including phenoxy) is 3. The van der Waals surface area contributed by atoms with Gasteiger partial charge >= 0.3 is 5.97 Å². The molecule has 1 N–H and O–H groups in total. The monoisotopic (exact) mass is 787 g/mol. The number of fused-ring (bicyclic) bond motifs is 6. The highest BCUT2D eigenvalue weighted by Gasteiger charge is 2.56. The van der Waals surface area contributed by atoms with Gasteiger partial charge < -0.3 is 29.3 Å². The van der Waals surface area contributed by atoms with Crippen LogP contribution in [0.25, 0.3) is 0 Å². The molecular formula is C48H54ClN3O5. The molecule has 298 valence electrons. The minimum Gasteiger partial charge on any atom is -0.441 e. The van der Waals surface area contributed by atoms with E-state index in [-0.39, 0.29) is 5.91 Å². The molecule has 6 rings (SSSR count). The number of benzene rings is 4. The highest BCUT2D eigenvalue weighted by molar-refractivity contribution is 6.17. The predicted molar refractivity (Wildman–Crippen MR) is 231 cm³/mol. The van der Waals surface area contributed by atoms with Gasteiger partial charge in [-0.1, -0.05) is 76.3 Å². The summed E-state index contributed by atoms with van der Waals surface area (Å²) in [7, 11) is 4.04. The topological polar surface area (TPSA) is 80.3 Å². The molecule has 0 radical (unpaired) electrons. The number of carbonyl (C=O) groups excluding carboxylic acids is 2. The summed E-state index contributed by atoms with van der Waals surface area (Å²) in [5.41, 5.74) is 7.28. The fraction of sp³-hybridized carbons (Fsp3) is 0.333. The summed E-state index contributed by atoms with van der Waals surface area (Å²) in [4.78, 5) is 31.8. The molecule has 0 aromatic heterocycles. The second kappa shape index (κ2) is 18.4. The van der Waals surface area contributed by atoms with E-state index in [9.17, 15) is 9.59 Å². The molecule has 0 saturated carbocycles. The molecule has 1 aliphatic heterocycles. The van der Waals surface area contributed by atoms with Gasteiger partial charge in [-0.05, 0) is 90.7 Å².